The van der Waals surface area contributed by atoms with E-state index in [2.05, 4.69) is 4.90 Å². The Bertz CT molecular complexity index is 189. The monoisotopic (exact) mass is 247 g/mol. The van der Waals surface area contributed by atoms with Crippen LogP contribution in [0.4, 0.5) is 0 Å². The minimum atomic E-state index is -0.768. The van der Waals surface area contributed by atoms with E-state index in [0.717, 1.165) is 13.1 Å². The molecule has 1 atom stereocenters. The summed E-state index contributed by atoms with van der Waals surface area (Å²) in [6.07, 6.45) is 0.151. The number of nitrogens with zero attached hydrogens (tertiary/aromatic N) is 1. The van der Waals surface area contributed by atoms with Crippen molar-refractivity contribution >= 4 is 5.97 Å². The predicted molar refractivity (Wildman–Crippen MR) is 66.3 cm³/mol. The number of carbonyl (C=O) groups is 1. The number of hydrogen-bond donors (Lipinski definition) is 1. The molecule has 5 nitrogen and oxygen atoms in total. The minimum absolute atomic E-state index is 0.00779. The summed E-state index contributed by atoms with van der Waals surface area (Å²) in [7, 11) is 0. The van der Waals surface area contributed by atoms with Crippen LogP contribution in [-0.2, 0) is 14.3 Å². The third kappa shape index (κ3) is 9.09. The maximum atomic E-state index is 10.7. The lowest BCUT2D eigenvalue weighted by Gasteiger charge is -2.27. The lowest BCUT2D eigenvalue weighted by atomic mass is 10.2. The van der Waals surface area contributed by atoms with Crippen LogP contribution in [-0.4, -0.2) is 61.5 Å². The van der Waals surface area contributed by atoms with E-state index in [9.17, 15) is 4.79 Å². The van der Waals surface area contributed by atoms with Gasteiger partial charge in [0.15, 0.2) is 0 Å². The first-order valence-corrected chi connectivity index (χ1v) is 6.23. The molecule has 1 unspecified atom stereocenters. The number of hydrogen-bond acceptors (Lipinski definition) is 4. The molecule has 0 saturated carbocycles. The largest absolute Gasteiger partial charge is 0.481 e. The number of rotatable bonds is 11. The van der Waals surface area contributed by atoms with Gasteiger partial charge in [-0.25, -0.2) is 0 Å². The number of aliphatic carboxylic acids is 1. The number of ether oxygens (including phenoxy) is 2. The zero-order valence-electron chi connectivity index (χ0n) is 11.1. The Morgan fingerprint density at radius 2 is 1.65 bits per heavy atom. The van der Waals surface area contributed by atoms with Crippen molar-refractivity contribution in [2.24, 2.45) is 0 Å². The van der Waals surface area contributed by atoms with Crippen LogP contribution in [0, 0.1) is 0 Å². The predicted octanol–water partition coefficient (Wildman–Crippen LogP) is 1.22. The topological polar surface area (TPSA) is 59.0 Å². The van der Waals surface area contributed by atoms with Crippen molar-refractivity contribution in [3.63, 3.8) is 0 Å². The van der Waals surface area contributed by atoms with Crippen molar-refractivity contribution in [1.82, 2.24) is 4.90 Å². The number of carboxylic acids is 1. The van der Waals surface area contributed by atoms with E-state index >= 15 is 0 Å². The molecule has 0 rings (SSSR count). The lowest BCUT2D eigenvalue weighted by molar-refractivity contribution is -0.138. The molecule has 0 aliphatic rings. The van der Waals surface area contributed by atoms with Gasteiger partial charge in [-0.15, -0.1) is 0 Å². The maximum Gasteiger partial charge on any atom is 0.304 e. The van der Waals surface area contributed by atoms with Crippen molar-refractivity contribution in [2.75, 3.05) is 39.5 Å². The first-order chi connectivity index (χ1) is 8.11. The van der Waals surface area contributed by atoms with Gasteiger partial charge in [-0.1, -0.05) is 0 Å². The van der Waals surface area contributed by atoms with E-state index in [1.807, 2.05) is 20.8 Å². The highest BCUT2D eigenvalue weighted by Crippen LogP contribution is 2.04. The summed E-state index contributed by atoms with van der Waals surface area (Å²) in [6, 6.07) is 0.00779. The van der Waals surface area contributed by atoms with Gasteiger partial charge in [-0.2, -0.15) is 0 Å². The fraction of sp³-hybridized carbons (Fsp3) is 0.917. The summed E-state index contributed by atoms with van der Waals surface area (Å²) in [5.74, 6) is -0.768. The molecule has 102 valence electrons. The van der Waals surface area contributed by atoms with E-state index < -0.39 is 5.97 Å². The van der Waals surface area contributed by atoms with Crippen molar-refractivity contribution in [3.8, 4) is 0 Å². The van der Waals surface area contributed by atoms with E-state index in [4.69, 9.17) is 14.6 Å². The summed E-state index contributed by atoms with van der Waals surface area (Å²) >= 11 is 0. The van der Waals surface area contributed by atoms with Gasteiger partial charge in [0, 0.05) is 32.3 Å². The second kappa shape index (κ2) is 10.5. The average Bonchev–Trinajstić information content (AvgIpc) is 2.26. The molecular formula is C12H25NO4. The van der Waals surface area contributed by atoms with Crippen molar-refractivity contribution in [2.45, 2.75) is 33.2 Å². The van der Waals surface area contributed by atoms with E-state index in [0.29, 0.717) is 26.4 Å². The molecule has 0 heterocycles. The van der Waals surface area contributed by atoms with Gasteiger partial charge in [-0.3, -0.25) is 9.69 Å². The van der Waals surface area contributed by atoms with Gasteiger partial charge >= 0.3 is 5.97 Å². The van der Waals surface area contributed by atoms with Crippen LogP contribution in [0.25, 0.3) is 0 Å². The molecule has 0 spiro atoms. The highest BCUT2D eigenvalue weighted by molar-refractivity contribution is 5.67. The Kier molecular flexibility index (Phi) is 10.1. The molecule has 0 aromatic rings. The molecule has 1 N–H and O–H groups in total. The second-order valence-corrected chi connectivity index (χ2v) is 3.88. The second-order valence-electron chi connectivity index (χ2n) is 3.88. The standard InChI is InChI=1S/C12H25NO4/c1-4-16-8-6-13(7-9-17-5-2)11(3)10-12(14)15/h11H,4-10H2,1-3H3,(H,14,15). The van der Waals surface area contributed by atoms with Crippen LogP contribution < -0.4 is 0 Å². The van der Waals surface area contributed by atoms with Gasteiger partial charge in [0.05, 0.1) is 19.6 Å². The minimum Gasteiger partial charge on any atom is -0.481 e. The molecule has 0 aliphatic carbocycles. The molecular weight excluding hydrogens is 222 g/mol. The molecule has 0 fully saturated rings. The highest BCUT2D eigenvalue weighted by Gasteiger charge is 2.16. The van der Waals surface area contributed by atoms with Gasteiger partial charge in [0.2, 0.25) is 0 Å². The van der Waals surface area contributed by atoms with Crippen molar-refractivity contribution in [1.29, 1.82) is 0 Å². The van der Waals surface area contributed by atoms with Crippen LogP contribution in [0.1, 0.15) is 27.2 Å². The van der Waals surface area contributed by atoms with Crippen LogP contribution in [0.5, 0.6) is 0 Å². The van der Waals surface area contributed by atoms with E-state index in [-0.39, 0.29) is 12.5 Å². The quantitative estimate of drug-likeness (QED) is 0.556. The Balaban J connectivity index is 4.02. The molecule has 17 heavy (non-hydrogen) atoms. The molecule has 0 aromatic heterocycles. The van der Waals surface area contributed by atoms with Gasteiger partial charge in [0.25, 0.3) is 0 Å². The van der Waals surface area contributed by atoms with Gasteiger partial charge in [0.1, 0.15) is 0 Å². The third-order valence-electron chi connectivity index (χ3n) is 2.55. The zero-order chi connectivity index (χ0) is 13.1. The molecule has 0 bridgehead atoms. The molecule has 0 aromatic carbocycles. The maximum absolute atomic E-state index is 10.7. The number of carboxylic acid groups (broad SMARTS) is 1. The van der Waals surface area contributed by atoms with Crippen LogP contribution in [0.2, 0.25) is 0 Å². The smallest absolute Gasteiger partial charge is 0.304 e. The normalized spacial score (nSPS) is 12.9. The Morgan fingerprint density at radius 1 is 1.18 bits per heavy atom. The van der Waals surface area contributed by atoms with E-state index in [1.165, 1.54) is 0 Å². The molecule has 0 radical (unpaired) electrons. The zero-order valence-corrected chi connectivity index (χ0v) is 11.1. The molecule has 0 aliphatic heterocycles. The first kappa shape index (κ1) is 16.4. The fourth-order valence-corrected chi connectivity index (χ4v) is 1.59. The molecule has 0 saturated heterocycles. The Morgan fingerprint density at radius 3 is 2.00 bits per heavy atom. The van der Waals surface area contributed by atoms with Crippen LogP contribution in [0.3, 0.4) is 0 Å². The molecule has 5 heteroatoms. The Hall–Kier alpha value is -0.650. The summed E-state index contributed by atoms with van der Waals surface area (Å²) in [5, 5.41) is 8.79. The third-order valence-corrected chi connectivity index (χ3v) is 2.55. The SMILES string of the molecule is CCOCCN(CCOCC)C(C)CC(=O)O. The summed E-state index contributed by atoms with van der Waals surface area (Å²) < 4.78 is 10.6. The fourth-order valence-electron chi connectivity index (χ4n) is 1.59. The van der Waals surface area contributed by atoms with Gasteiger partial charge < -0.3 is 14.6 Å². The van der Waals surface area contributed by atoms with E-state index in [1.54, 1.807) is 0 Å². The van der Waals surface area contributed by atoms with Gasteiger partial charge in [-0.05, 0) is 20.8 Å². The lowest BCUT2D eigenvalue weighted by Crippen LogP contribution is -2.39. The van der Waals surface area contributed by atoms with Crippen molar-refractivity contribution < 1.29 is 19.4 Å². The first-order valence-electron chi connectivity index (χ1n) is 6.23. The average molecular weight is 247 g/mol. The van der Waals surface area contributed by atoms with Crippen molar-refractivity contribution in [3.05, 3.63) is 0 Å². The van der Waals surface area contributed by atoms with Crippen LogP contribution >= 0.6 is 0 Å². The highest BCUT2D eigenvalue weighted by atomic mass is 16.5. The Labute approximate surface area is 104 Å². The summed E-state index contributed by atoms with van der Waals surface area (Å²) in [4.78, 5) is 12.8. The summed E-state index contributed by atoms with van der Waals surface area (Å²) in [5.41, 5.74) is 0. The molecule has 0 amide bonds. The van der Waals surface area contributed by atoms with Crippen LogP contribution in [0.15, 0.2) is 0 Å². The summed E-state index contributed by atoms with van der Waals surface area (Å²) in [6.45, 7) is 9.95.